The van der Waals surface area contributed by atoms with Crippen LogP contribution in [0.25, 0.3) is 32.3 Å². The topological polar surface area (TPSA) is 101 Å². The number of ether oxygens (including phenoxy) is 1. The number of carboxylic acid groups (broad SMARTS) is 2. The molecule has 0 radical (unpaired) electrons. The number of esters is 1. The predicted octanol–water partition coefficient (Wildman–Crippen LogP) is 8.97. The van der Waals surface area contributed by atoms with E-state index in [-0.39, 0.29) is 5.97 Å². The highest BCUT2D eigenvalue weighted by Crippen LogP contribution is 2.26. The van der Waals surface area contributed by atoms with Crippen molar-refractivity contribution in [3.63, 3.8) is 0 Å². The molecule has 1 heterocycles. The van der Waals surface area contributed by atoms with E-state index in [1.165, 1.54) is 12.2 Å². The van der Waals surface area contributed by atoms with Crippen LogP contribution in [-0.2, 0) is 4.74 Å². The summed E-state index contributed by atoms with van der Waals surface area (Å²) in [6.07, 6.45) is 2.40. The van der Waals surface area contributed by atoms with Gasteiger partial charge in [0.2, 0.25) is 0 Å². The van der Waals surface area contributed by atoms with E-state index in [1.807, 2.05) is 115 Å². The molecule has 1 aliphatic rings. The van der Waals surface area contributed by atoms with E-state index < -0.39 is 11.9 Å². The van der Waals surface area contributed by atoms with Gasteiger partial charge in [-0.2, -0.15) is 11.8 Å². The Bertz CT molecular complexity index is 1870. The van der Waals surface area contributed by atoms with Gasteiger partial charge in [0.1, 0.15) is 6.61 Å². The Labute approximate surface area is 265 Å². The number of benzene rings is 6. The number of aromatic carboxylic acids is 2. The minimum absolute atomic E-state index is 0.210. The number of carboxylic acids is 2. The summed E-state index contributed by atoms with van der Waals surface area (Å²) in [5.41, 5.74) is 1.30. The molecule has 0 saturated carbocycles. The van der Waals surface area contributed by atoms with Crippen LogP contribution >= 0.6 is 11.8 Å². The molecule has 6 nitrogen and oxygen atoms in total. The van der Waals surface area contributed by atoms with Gasteiger partial charge in [-0.3, -0.25) is 0 Å². The van der Waals surface area contributed by atoms with Gasteiger partial charge >= 0.3 is 17.9 Å². The molecule has 0 unspecified atom stereocenters. The van der Waals surface area contributed by atoms with Crippen molar-refractivity contribution in [1.29, 1.82) is 0 Å². The number of rotatable bonds is 5. The van der Waals surface area contributed by atoms with Gasteiger partial charge in [0.05, 0.1) is 16.7 Å². The highest BCUT2D eigenvalue weighted by atomic mass is 32.2. The fourth-order valence-corrected chi connectivity index (χ4v) is 6.15. The number of carbonyl (C=O) groups excluding carboxylic acids is 1. The molecule has 1 aliphatic heterocycles. The zero-order valence-electron chi connectivity index (χ0n) is 24.5. The third-order valence-corrected chi connectivity index (χ3v) is 8.77. The fraction of sp³-hybridized carbons (Fsp3) is 0.132. The molecule has 1 saturated heterocycles. The second kappa shape index (κ2) is 15.0. The lowest BCUT2D eigenvalue weighted by Gasteiger charge is -2.10. The maximum Gasteiger partial charge on any atom is 0.338 e. The van der Waals surface area contributed by atoms with Crippen LogP contribution in [0, 0.1) is 0 Å². The lowest BCUT2D eigenvalue weighted by Crippen LogP contribution is -2.13. The van der Waals surface area contributed by atoms with E-state index in [1.54, 1.807) is 24.3 Å². The van der Waals surface area contributed by atoms with Crippen LogP contribution in [0.1, 0.15) is 43.9 Å². The molecule has 7 rings (SSSR count). The molecule has 0 aliphatic carbocycles. The first-order valence-corrected chi connectivity index (χ1v) is 15.6. The minimum Gasteiger partial charge on any atom is -0.478 e. The molecule has 7 heteroatoms. The van der Waals surface area contributed by atoms with Crippen LogP contribution in [-0.4, -0.2) is 45.7 Å². The van der Waals surface area contributed by atoms with Gasteiger partial charge in [-0.1, -0.05) is 91.0 Å². The van der Waals surface area contributed by atoms with E-state index in [4.69, 9.17) is 14.9 Å². The molecule has 6 aromatic carbocycles. The molecule has 226 valence electrons. The number of hydrogen-bond acceptors (Lipinski definition) is 5. The van der Waals surface area contributed by atoms with Crippen molar-refractivity contribution in [2.75, 3.05) is 12.4 Å². The average molecular weight is 617 g/mol. The Morgan fingerprint density at radius 1 is 0.578 bits per heavy atom. The zero-order valence-corrected chi connectivity index (χ0v) is 25.3. The first-order chi connectivity index (χ1) is 21.9. The molecule has 1 fully saturated rings. The second-order valence-electron chi connectivity index (χ2n) is 10.5. The van der Waals surface area contributed by atoms with E-state index in [0.29, 0.717) is 28.5 Å². The van der Waals surface area contributed by atoms with E-state index in [9.17, 15) is 14.4 Å². The van der Waals surface area contributed by atoms with Crippen molar-refractivity contribution in [2.24, 2.45) is 0 Å². The van der Waals surface area contributed by atoms with Gasteiger partial charge in [-0.25, -0.2) is 14.4 Å². The molecular weight excluding hydrogens is 584 g/mol. The van der Waals surface area contributed by atoms with Crippen LogP contribution in [0.15, 0.2) is 127 Å². The first-order valence-electron chi connectivity index (χ1n) is 14.6. The van der Waals surface area contributed by atoms with Crippen LogP contribution in [0.4, 0.5) is 0 Å². The Hall–Kier alpha value is -5.14. The third kappa shape index (κ3) is 8.49. The molecule has 45 heavy (non-hydrogen) atoms. The maximum atomic E-state index is 12.0. The normalized spacial score (nSPS) is 13.7. The largest absolute Gasteiger partial charge is 0.478 e. The SMILES string of the molecule is O=C(O)c1ccc2ccccc2c1.O=C(O)c1ccc2ccccc2c1.O=C(OC[C@H]1CCCS1)c1ccc2ccccc2c1. The van der Waals surface area contributed by atoms with Gasteiger partial charge in [0.25, 0.3) is 0 Å². The van der Waals surface area contributed by atoms with Crippen molar-refractivity contribution in [1.82, 2.24) is 0 Å². The Morgan fingerprint density at radius 2 is 0.978 bits per heavy atom. The summed E-state index contributed by atoms with van der Waals surface area (Å²) in [5, 5.41) is 24.2. The van der Waals surface area contributed by atoms with Gasteiger partial charge < -0.3 is 14.9 Å². The monoisotopic (exact) mass is 616 g/mol. The summed E-state index contributed by atoms with van der Waals surface area (Å²) in [6.45, 7) is 0.538. The van der Waals surface area contributed by atoms with Crippen molar-refractivity contribution in [3.05, 3.63) is 144 Å². The van der Waals surface area contributed by atoms with E-state index in [0.717, 1.165) is 38.7 Å². The zero-order chi connectivity index (χ0) is 31.6. The predicted molar refractivity (Wildman–Crippen MR) is 182 cm³/mol. The van der Waals surface area contributed by atoms with Crippen molar-refractivity contribution in [2.45, 2.75) is 18.1 Å². The lowest BCUT2D eigenvalue weighted by atomic mass is 10.1. The molecule has 0 amide bonds. The number of thioether (sulfide) groups is 1. The Morgan fingerprint density at radius 3 is 1.38 bits per heavy atom. The van der Waals surface area contributed by atoms with Crippen LogP contribution in [0.2, 0.25) is 0 Å². The summed E-state index contributed by atoms with van der Waals surface area (Å²) in [7, 11) is 0. The van der Waals surface area contributed by atoms with Gasteiger partial charge in [0.15, 0.2) is 0 Å². The summed E-state index contributed by atoms with van der Waals surface area (Å²) in [5.74, 6) is -0.784. The molecule has 1 atom stereocenters. The van der Waals surface area contributed by atoms with E-state index in [2.05, 4.69) is 0 Å². The Balaban J connectivity index is 0.000000137. The van der Waals surface area contributed by atoms with Gasteiger partial charge in [-0.15, -0.1) is 0 Å². The number of fused-ring (bicyclic) bond motifs is 3. The minimum atomic E-state index is -0.884. The van der Waals surface area contributed by atoms with Gasteiger partial charge in [-0.05, 0) is 87.3 Å². The maximum absolute atomic E-state index is 12.0. The third-order valence-electron chi connectivity index (χ3n) is 7.40. The fourth-order valence-electron chi connectivity index (χ4n) is 4.99. The van der Waals surface area contributed by atoms with Crippen LogP contribution in [0.3, 0.4) is 0 Å². The van der Waals surface area contributed by atoms with Crippen molar-refractivity contribution in [3.8, 4) is 0 Å². The van der Waals surface area contributed by atoms with Crippen LogP contribution in [0.5, 0.6) is 0 Å². The van der Waals surface area contributed by atoms with Crippen molar-refractivity contribution < 1.29 is 29.3 Å². The molecule has 2 N–H and O–H groups in total. The smallest absolute Gasteiger partial charge is 0.338 e. The number of hydrogen-bond donors (Lipinski definition) is 2. The highest BCUT2D eigenvalue weighted by Gasteiger charge is 2.18. The van der Waals surface area contributed by atoms with E-state index >= 15 is 0 Å². The molecule has 0 spiro atoms. The van der Waals surface area contributed by atoms with Gasteiger partial charge in [0, 0.05) is 5.25 Å². The molecule has 6 aromatic rings. The second-order valence-corrected chi connectivity index (χ2v) is 11.9. The summed E-state index contributed by atoms with van der Waals surface area (Å²) in [4.78, 5) is 33.3. The van der Waals surface area contributed by atoms with Crippen LogP contribution < -0.4 is 0 Å². The standard InChI is InChI=1S/C16H16O2S.2C11H8O2/c17-16(18-11-15-6-3-9-19-15)14-8-7-12-4-1-2-5-13(12)10-14;2*12-11(13)10-6-5-8-3-1-2-4-9(8)7-10/h1-2,4-5,7-8,10,15H,3,6,9,11H2;2*1-7H,(H,12,13)/t15-;;/m1../s1. The van der Waals surface area contributed by atoms with Crippen molar-refractivity contribution >= 4 is 62.0 Å². The number of carbonyl (C=O) groups is 3. The molecular formula is C38H32O6S. The Kier molecular flexibility index (Phi) is 10.5. The highest BCUT2D eigenvalue weighted by molar-refractivity contribution is 8.00. The average Bonchev–Trinajstić information content (AvgIpc) is 3.61. The first kappa shape index (κ1) is 31.3. The summed E-state index contributed by atoms with van der Waals surface area (Å²) >= 11 is 1.90. The molecule has 0 aromatic heterocycles. The summed E-state index contributed by atoms with van der Waals surface area (Å²) in [6, 6.07) is 39.4. The molecule has 0 bridgehead atoms. The quantitative estimate of drug-likeness (QED) is 0.186. The lowest BCUT2D eigenvalue weighted by molar-refractivity contribution is 0.0505. The summed E-state index contributed by atoms with van der Waals surface area (Å²) < 4.78 is 5.40.